The number of carbonyl (C=O) groups excluding carboxylic acids is 7. The van der Waals surface area contributed by atoms with E-state index < -0.39 is 36.7 Å². The summed E-state index contributed by atoms with van der Waals surface area (Å²) < 4.78 is 41.6. The highest BCUT2D eigenvalue weighted by Gasteiger charge is 2.55. The van der Waals surface area contributed by atoms with Gasteiger partial charge in [0.05, 0.1) is 55.7 Å². The van der Waals surface area contributed by atoms with Crippen LogP contribution < -0.4 is 0 Å². The fraction of sp³-hybridized carbons (Fsp3) is 0.776. The number of rotatable bonds is 27. The topological polar surface area (TPSA) is 225 Å². The number of ketones is 3. The normalized spacial score (nSPS) is 32.6. The standard InChI is InChI=1S/C22H40O4Si.2C17H28O4Si.C11H14O4/c1-6-10-11-13-22(5,24)14-12-17-18-15-21(23)25-19(18)16-20(17)26-27(7-2,8-3)9-4;2*1-5-22(6-2,7-3)21-16-11-15-14(10-17(19)20-15)13(16)9-8-12(4)18;1-6(12)2-3-7-8-4-11(14)15-10(8)5-9(7)13/h12,14,17-20,24H,6-11,13,15-16H2,1-5H3;2*8-9,13-16H,5-7,10-11H2,1-4H3;2-3,7-10,13H,4-5H2,1H3/b14-12+;2*9-8+;3-2+/t17-,18-,19+,20-,22?;2*13-,14-,15+,16-;7-,8-,9-,10+/m1111/s1. The molecule has 4 saturated carbocycles. The van der Waals surface area contributed by atoms with Gasteiger partial charge in [-0.15, -0.1) is 0 Å². The molecular weight excluding hydrogens is 1140 g/mol. The van der Waals surface area contributed by atoms with E-state index in [0.717, 1.165) is 99.3 Å². The fourth-order valence-electron chi connectivity index (χ4n) is 14.9. The predicted octanol–water partition coefficient (Wildman–Crippen LogP) is 12.6. The SMILES string of the molecule is CC(=O)/C=C/[C@@H]1[C@H]2CC(=O)O[C@H]2C[C@H]1O.CCCCCC(C)(O)/C=C/[C@@H]1[C@H]2CC(=O)O[C@H]2C[C@H]1O[Si](CC)(CC)CC.CC[Si](CC)(CC)O[C@@H]1C[C@@H]2OC(=O)C[C@@H]2[C@H]1/C=C/C(C)=O.CC[Si](CC)(CC)O[C@@H]1C[C@@H]2OC(=O)C[C@@H]2[C@H]1/C=C/C(C)=O. The van der Waals surface area contributed by atoms with Gasteiger partial charge in [-0.25, -0.2) is 0 Å². The van der Waals surface area contributed by atoms with Crippen LogP contribution in [0.5, 0.6) is 0 Å². The monoisotopic (exact) mass is 1250 g/mol. The lowest BCUT2D eigenvalue weighted by molar-refractivity contribution is -0.142. The summed E-state index contributed by atoms with van der Waals surface area (Å²) in [5, 5.41) is 20.5. The summed E-state index contributed by atoms with van der Waals surface area (Å²) in [7, 11) is -5.14. The van der Waals surface area contributed by atoms with Gasteiger partial charge in [0.2, 0.25) is 0 Å². The van der Waals surface area contributed by atoms with Crippen LogP contribution in [0.2, 0.25) is 54.4 Å². The van der Waals surface area contributed by atoms with Crippen LogP contribution in [-0.4, -0.2) is 131 Å². The first-order valence-corrected chi connectivity index (χ1v) is 40.8. The number of ether oxygens (including phenoxy) is 4. The lowest BCUT2D eigenvalue weighted by Crippen LogP contribution is -2.41. The van der Waals surface area contributed by atoms with Gasteiger partial charge < -0.3 is 42.4 Å². The molecule has 0 aromatic rings. The first-order valence-electron chi connectivity index (χ1n) is 33.2. The van der Waals surface area contributed by atoms with Crippen LogP contribution in [-0.2, 0) is 65.8 Å². The van der Waals surface area contributed by atoms with Gasteiger partial charge in [0, 0.05) is 73.0 Å². The highest BCUT2D eigenvalue weighted by atomic mass is 28.4. The van der Waals surface area contributed by atoms with Crippen LogP contribution >= 0.6 is 0 Å². The molecule has 0 aromatic carbocycles. The highest BCUT2D eigenvalue weighted by Crippen LogP contribution is 2.49. The van der Waals surface area contributed by atoms with Crippen LogP contribution in [0.1, 0.15) is 174 Å². The van der Waals surface area contributed by atoms with Gasteiger partial charge in [0.25, 0.3) is 0 Å². The van der Waals surface area contributed by atoms with Crippen LogP contribution in [0.25, 0.3) is 0 Å². The third-order valence-electron chi connectivity index (χ3n) is 20.9. The summed E-state index contributed by atoms with van der Waals surface area (Å²) in [5.74, 6) is 0.403. The average Bonchev–Trinajstić information content (AvgIpc) is 3.62. The van der Waals surface area contributed by atoms with Crippen LogP contribution in [0.15, 0.2) is 48.6 Å². The van der Waals surface area contributed by atoms with Gasteiger partial charge in [-0.1, -0.05) is 119 Å². The maximum Gasteiger partial charge on any atom is 0.306 e. The molecule has 2 N–H and O–H groups in total. The lowest BCUT2D eigenvalue weighted by atomic mass is 9.89. The molecule has 0 bridgehead atoms. The minimum Gasteiger partial charge on any atom is -0.462 e. The van der Waals surface area contributed by atoms with E-state index in [-0.39, 0.29) is 131 Å². The Morgan fingerprint density at radius 3 is 1.03 bits per heavy atom. The molecule has 19 heteroatoms. The number of fused-ring (bicyclic) bond motifs is 4. The van der Waals surface area contributed by atoms with Crippen molar-refractivity contribution < 1.29 is 76.0 Å². The van der Waals surface area contributed by atoms with Crippen molar-refractivity contribution in [3.63, 3.8) is 0 Å². The number of aliphatic hydroxyl groups excluding tert-OH is 1. The van der Waals surface area contributed by atoms with Crippen molar-refractivity contribution in [2.24, 2.45) is 47.3 Å². The average molecular weight is 1260 g/mol. The Bertz CT molecular complexity index is 2280. The summed E-state index contributed by atoms with van der Waals surface area (Å²) in [6, 6.07) is 10.0. The molecular formula is C67H110O16Si3. The summed E-state index contributed by atoms with van der Waals surface area (Å²) in [6.07, 6.45) is 22.7. The van der Waals surface area contributed by atoms with Crippen molar-refractivity contribution in [1.82, 2.24) is 0 Å². The number of hydrogen-bond donors (Lipinski definition) is 2. The Kier molecular flexibility index (Phi) is 28.4. The molecule has 0 spiro atoms. The fourth-order valence-corrected chi connectivity index (χ4v) is 23.6. The molecule has 4 aliphatic heterocycles. The Balaban J connectivity index is 0.000000213. The number of hydrogen-bond acceptors (Lipinski definition) is 16. The van der Waals surface area contributed by atoms with Gasteiger partial charge in [0.15, 0.2) is 42.3 Å². The van der Waals surface area contributed by atoms with E-state index in [1.165, 1.54) is 13.0 Å². The Morgan fingerprint density at radius 1 is 0.465 bits per heavy atom. The lowest BCUT2D eigenvalue weighted by Gasteiger charge is -2.34. The van der Waals surface area contributed by atoms with Crippen LogP contribution in [0.3, 0.4) is 0 Å². The second-order valence-corrected chi connectivity index (χ2v) is 40.4. The van der Waals surface area contributed by atoms with Gasteiger partial charge in [-0.05, 0) is 107 Å². The van der Waals surface area contributed by atoms with Crippen molar-refractivity contribution >= 4 is 66.2 Å². The minimum absolute atomic E-state index is 0.0144. The van der Waals surface area contributed by atoms with Gasteiger partial charge in [0.1, 0.15) is 24.4 Å². The molecule has 8 rings (SSSR count). The second-order valence-electron chi connectivity index (χ2n) is 26.2. The van der Waals surface area contributed by atoms with Gasteiger partial charge in [-0.3, -0.25) is 33.6 Å². The van der Waals surface area contributed by atoms with Crippen molar-refractivity contribution in [3.05, 3.63) is 48.6 Å². The molecule has 8 fully saturated rings. The maximum absolute atomic E-state index is 11.8. The van der Waals surface area contributed by atoms with E-state index in [1.807, 2.05) is 25.2 Å². The summed E-state index contributed by atoms with van der Waals surface area (Å²) in [5.41, 5.74) is -0.796. The molecule has 8 aliphatic rings. The summed E-state index contributed by atoms with van der Waals surface area (Å²) >= 11 is 0. The second kappa shape index (κ2) is 33.4. The number of unbranched alkanes of at least 4 members (excludes halogenated alkanes) is 2. The molecule has 4 saturated heterocycles. The van der Waals surface area contributed by atoms with E-state index >= 15 is 0 Å². The molecule has 4 aliphatic carbocycles. The van der Waals surface area contributed by atoms with Gasteiger partial charge in [-0.2, -0.15) is 0 Å². The smallest absolute Gasteiger partial charge is 0.306 e. The summed E-state index contributed by atoms with van der Waals surface area (Å²) in [6.45, 7) is 28.7. The number of carbonyl (C=O) groups is 7. The zero-order valence-corrected chi connectivity index (χ0v) is 57.8. The van der Waals surface area contributed by atoms with E-state index in [2.05, 4.69) is 75.3 Å². The van der Waals surface area contributed by atoms with E-state index in [9.17, 15) is 43.8 Å². The van der Waals surface area contributed by atoms with Crippen molar-refractivity contribution in [2.45, 2.75) is 283 Å². The molecule has 0 aromatic heterocycles. The number of esters is 4. The molecule has 17 atom stereocenters. The third kappa shape index (κ3) is 19.4. The van der Waals surface area contributed by atoms with E-state index in [4.69, 9.17) is 32.2 Å². The molecule has 1 unspecified atom stereocenters. The molecule has 0 amide bonds. The Morgan fingerprint density at radius 2 is 0.744 bits per heavy atom. The maximum atomic E-state index is 11.8. The van der Waals surface area contributed by atoms with Crippen LogP contribution in [0, 0.1) is 47.3 Å². The first kappa shape index (κ1) is 73.0. The molecule has 16 nitrogen and oxygen atoms in total. The molecule has 0 radical (unpaired) electrons. The minimum atomic E-state index is -1.73. The van der Waals surface area contributed by atoms with Gasteiger partial charge >= 0.3 is 23.9 Å². The van der Waals surface area contributed by atoms with E-state index in [0.29, 0.717) is 32.1 Å². The largest absolute Gasteiger partial charge is 0.462 e. The Hall–Kier alpha value is -3.70. The molecule has 86 heavy (non-hydrogen) atoms. The number of aliphatic hydroxyl groups is 2. The van der Waals surface area contributed by atoms with Crippen LogP contribution in [0.4, 0.5) is 0 Å². The zero-order chi connectivity index (χ0) is 63.7. The van der Waals surface area contributed by atoms with Crippen molar-refractivity contribution in [2.75, 3.05) is 0 Å². The quantitative estimate of drug-likeness (QED) is 0.0195. The molecule has 4 heterocycles. The van der Waals surface area contributed by atoms with Crippen molar-refractivity contribution in [1.29, 1.82) is 0 Å². The predicted molar refractivity (Wildman–Crippen MR) is 340 cm³/mol. The first-order chi connectivity index (χ1) is 40.8. The number of allylic oxidation sites excluding steroid dienone is 3. The summed E-state index contributed by atoms with van der Waals surface area (Å²) in [4.78, 5) is 79.4. The Labute approximate surface area is 518 Å². The van der Waals surface area contributed by atoms with Crippen molar-refractivity contribution in [3.8, 4) is 0 Å². The zero-order valence-electron chi connectivity index (χ0n) is 54.8. The third-order valence-corrected chi connectivity index (χ3v) is 34.9. The molecule has 486 valence electrons. The van der Waals surface area contributed by atoms with E-state index in [1.54, 1.807) is 32.1 Å². The highest BCUT2D eigenvalue weighted by molar-refractivity contribution is 6.74.